The quantitative estimate of drug-likeness (QED) is 0.636. The summed E-state index contributed by atoms with van der Waals surface area (Å²) in [6.07, 6.45) is 15.1. The van der Waals surface area contributed by atoms with Crippen LogP contribution in [-0.4, -0.2) is 0 Å². The predicted octanol–water partition coefficient (Wildman–Crippen LogP) is 5.70. The molecule has 0 unspecified atom stereocenters. The molecule has 2 aliphatic carbocycles. The van der Waals surface area contributed by atoms with Gasteiger partial charge in [0.15, 0.2) is 0 Å². The van der Waals surface area contributed by atoms with Crippen molar-refractivity contribution in [1.29, 1.82) is 5.26 Å². The van der Waals surface area contributed by atoms with E-state index in [0.717, 1.165) is 30.6 Å². The molecular weight excluding hydrogens is 230 g/mol. The Morgan fingerprint density at radius 1 is 1.00 bits per heavy atom. The fraction of sp³-hybridized carbons (Fsp3) is 0.944. The summed E-state index contributed by atoms with van der Waals surface area (Å²) in [7, 11) is 0. The summed E-state index contributed by atoms with van der Waals surface area (Å²) in [5.74, 6) is 2.96. The Balaban J connectivity index is 1.73. The minimum absolute atomic E-state index is 0.00513. The highest BCUT2D eigenvalue weighted by Gasteiger charge is 2.35. The van der Waals surface area contributed by atoms with Gasteiger partial charge >= 0.3 is 0 Å². The maximum Gasteiger partial charge on any atom is 0.0686 e. The van der Waals surface area contributed by atoms with E-state index >= 15 is 0 Å². The Labute approximate surface area is 119 Å². The Morgan fingerprint density at radius 2 is 1.58 bits per heavy atom. The van der Waals surface area contributed by atoms with Crippen LogP contribution in [0.2, 0.25) is 0 Å². The molecule has 0 aromatic heterocycles. The first-order chi connectivity index (χ1) is 9.17. The van der Waals surface area contributed by atoms with Crippen LogP contribution in [0.1, 0.15) is 84.5 Å². The molecular formula is C18H31N. The second-order valence-electron chi connectivity index (χ2n) is 7.43. The van der Waals surface area contributed by atoms with Crippen molar-refractivity contribution in [2.45, 2.75) is 84.5 Å². The van der Waals surface area contributed by atoms with Crippen LogP contribution in [0.3, 0.4) is 0 Å². The van der Waals surface area contributed by atoms with Gasteiger partial charge in [-0.3, -0.25) is 0 Å². The Bertz CT molecular complexity index is 298. The van der Waals surface area contributed by atoms with Crippen LogP contribution >= 0.6 is 0 Å². The number of hydrogen-bond acceptors (Lipinski definition) is 1. The molecule has 0 bridgehead atoms. The smallest absolute Gasteiger partial charge is 0.0686 e. The van der Waals surface area contributed by atoms with Gasteiger partial charge in [-0.2, -0.15) is 5.26 Å². The minimum atomic E-state index is -0.00513. The summed E-state index contributed by atoms with van der Waals surface area (Å²) >= 11 is 0. The van der Waals surface area contributed by atoms with Crippen molar-refractivity contribution in [3.8, 4) is 6.07 Å². The maximum atomic E-state index is 9.21. The molecule has 108 valence electrons. The lowest BCUT2D eigenvalue weighted by molar-refractivity contribution is 0.128. The summed E-state index contributed by atoms with van der Waals surface area (Å²) in [5.41, 5.74) is -0.00513. The first kappa shape index (κ1) is 14.9. The van der Waals surface area contributed by atoms with E-state index in [4.69, 9.17) is 0 Å². The number of nitrogens with zero attached hydrogens (tertiary/aromatic N) is 1. The normalized spacial score (nSPS) is 39.7. The lowest BCUT2D eigenvalue weighted by atomic mass is 9.65. The van der Waals surface area contributed by atoms with Gasteiger partial charge in [-0.15, -0.1) is 0 Å². The molecule has 2 aliphatic rings. The molecule has 0 heterocycles. The molecule has 0 spiro atoms. The van der Waals surface area contributed by atoms with Crippen LogP contribution in [0.15, 0.2) is 0 Å². The fourth-order valence-electron chi connectivity index (χ4n) is 4.30. The van der Waals surface area contributed by atoms with E-state index in [9.17, 15) is 5.26 Å². The van der Waals surface area contributed by atoms with E-state index in [-0.39, 0.29) is 5.41 Å². The first-order valence-electron chi connectivity index (χ1n) is 8.58. The van der Waals surface area contributed by atoms with Crippen LogP contribution in [-0.2, 0) is 0 Å². The van der Waals surface area contributed by atoms with E-state index in [2.05, 4.69) is 19.9 Å². The highest BCUT2D eigenvalue weighted by molar-refractivity contribution is 4.99. The molecule has 2 rings (SSSR count). The standard InChI is InChI=1S/C18H31N/c1-3-4-5-15-6-8-16(9-7-15)17-10-12-18(2,14-19)13-11-17/h15-17H,3-13H2,1-2H3. The molecule has 0 aromatic carbocycles. The van der Waals surface area contributed by atoms with Gasteiger partial charge in [-0.25, -0.2) is 0 Å². The van der Waals surface area contributed by atoms with Crippen molar-refractivity contribution in [2.24, 2.45) is 23.2 Å². The molecule has 1 heteroatoms. The van der Waals surface area contributed by atoms with Gasteiger partial charge in [-0.1, -0.05) is 39.0 Å². The van der Waals surface area contributed by atoms with E-state index in [1.807, 2.05) is 0 Å². The summed E-state index contributed by atoms with van der Waals surface area (Å²) < 4.78 is 0. The van der Waals surface area contributed by atoms with Crippen LogP contribution in [0.25, 0.3) is 0 Å². The molecule has 0 radical (unpaired) electrons. The van der Waals surface area contributed by atoms with Gasteiger partial charge in [-0.05, 0) is 63.2 Å². The van der Waals surface area contributed by atoms with Crippen molar-refractivity contribution in [3.05, 3.63) is 0 Å². The second kappa shape index (κ2) is 6.78. The van der Waals surface area contributed by atoms with E-state index in [0.29, 0.717) is 0 Å². The van der Waals surface area contributed by atoms with Gasteiger partial charge in [0.2, 0.25) is 0 Å². The zero-order valence-corrected chi connectivity index (χ0v) is 13.0. The van der Waals surface area contributed by atoms with Crippen molar-refractivity contribution >= 4 is 0 Å². The van der Waals surface area contributed by atoms with E-state index in [1.165, 1.54) is 57.8 Å². The lowest BCUT2D eigenvalue weighted by Crippen LogP contribution is -2.29. The first-order valence-corrected chi connectivity index (χ1v) is 8.58. The fourth-order valence-corrected chi connectivity index (χ4v) is 4.30. The van der Waals surface area contributed by atoms with Crippen molar-refractivity contribution in [2.75, 3.05) is 0 Å². The van der Waals surface area contributed by atoms with Crippen molar-refractivity contribution < 1.29 is 0 Å². The molecule has 0 saturated heterocycles. The molecule has 2 fully saturated rings. The highest BCUT2D eigenvalue weighted by Crippen LogP contribution is 2.45. The number of rotatable bonds is 4. The maximum absolute atomic E-state index is 9.21. The largest absolute Gasteiger partial charge is 0.198 e. The minimum Gasteiger partial charge on any atom is -0.198 e. The second-order valence-corrected chi connectivity index (χ2v) is 7.43. The van der Waals surface area contributed by atoms with Crippen LogP contribution in [0.5, 0.6) is 0 Å². The van der Waals surface area contributed by atoms with Crippen molar-refractivity contribution in [1.82, 2.24) is 0 Å². The average Bonchev–Trinajstić information content (AvgIpc) is 2.47. The average molecular weight is 261 g/mol. The third-order valence-corrected chi connectivity index (χ3v) is 5.93. The number of unbranched alkanes of at least 4 members (excludes halogenated alkanes) is 1. The molecule has 19 heavy (non-hydrogen) atoms. The van der Waals surface area contributed by atoms with Gasteiger partial charge < -0.3 is 0 Å². The zero-order chi connectivity index (χ0) is 13.7. The third-order valence-electron chi connectivity index (χ3n) is 5.93. The molecule has 0 aromatic rings. The zero-order valence-electron chi connectivity index (χ0n) is 13.0. The summed E-state index contributed by atoms with van der Waals surface area (Å²) in [4.78, 5) is 0. The monoisotopic (exact) mass is 261 g/mol. The molecule has 1 nitrogen and oxygen atoms in total. The van der Waals surface area contributed by atoms with Gasteiger partial charge in [0, 0.05) is 0 Å². The molecule has 0 aliphatic heterocycles. The number of nitriles is 1. The Kier molecular flexibility index (Phi) is 5.31. The molecule has 2 saturated carbocycles. The third kappa shape index (κ3) is 3.98. The van der Waals surface area contributed by atoms with Gasteiger partial charge in [0.05, 0.1) is 11.5 Å². The van der Waals surface area contributed by atoms with Crippen LogP contribution < -0.4 is 0 Å². The van der Waals surface area contributed by atoms with Gasteiger partial charge in [0.1, 0.15) is 0 Å². The van der Waals surface area contributed by atoms with Crippen LogP contribution in [0, 0.1) is 34.5 Å². The molecule has 0 amide bonds. The molecule has 0 N–H and O–H groups in total. The van der Waals surface area contributed by atoms with Gasteiger partial charge in [0.25, 0.3) is 0 Å². The summed E-state index contributed by atoms with van der Waals surface area (Å²) in [6, 6.07) is 2.53. The topological polar surface area (TPSA) is 23.8 Å². The Hall–Kier alpha value is -0.510. The van der Waals surface area contributed by atoms with Crippen LogP contribution in [0.4, 0.5) is 0 Å². The highest BCUT2D eigenvalue weighted by atomic mass is 14.4. The van der Waals surface area contributed by atoms with E-state index < -0.39 is 0 Å². The lowest BCUT2D eigenvalue weighted by Gasteiger charge is -2.39. The predicted molar refractivity (Wildman–Crippen MR) is 80.7 cm³/mol. The Morgan fingerprint density at radius 3 is 2.11 bits per heavy atom. The SMILES string of the molecule is CCCCC1CCC(C2CCC(C)(C#N)CC2)CC1. The summed E-state index contributed by atoms with van der Waals surface area (Å²) in [6.45, 7) is 4.46. The van der Waals surface area contributed by atoms with E-state index in [1.54, 1.807) is 0 Å². The number of hydrogen-bond donors (Lipinski definition) is 0. The van der Waals surface area contributed by atoms with Crippen molar-refractivity contribution in [3.63, 3.8) is 0 Å². The molecule has 0 atom stereocenters. The summed E-state index contributed by atoms with van der Waals surface area (Å²) in [5, 5.41) is 9.21.